The summed E-state index contributed by atoms with van der Waals surface area (Å²) >= 11 is 0. The second kappa shape index (κ2) is 9.26. The van der Waals surface area contributed by atoms with Crippen LogP contribution in [0.5, 0.6) is 0 Å². The zero-order valence-corrected chi connectivity index (χ0v) is 15.2. The van der Waals surface area contributed by atoms with Crippen molar-refractivity contribution in [1.29, 1.82) is 0 Å². The maximum absolute atomic E-state index is 12.3. The largest absolute Gasteiger partial charge is 0.327 e. The quantitative estimate of drug-likeness (QED) is 0.864. The molecule has 0 saturated carbocycles. The molecule has 2 unspecified atom stereocenters. The molecule has 1 amide bonds. The second-order valence-corrected chi connectivity index (χ2v) is 6.72. The Labute approximate surface area is 146 Å². The number of benzene rings is 1. The highest BCUT2D eigenvalue weighted by Gasteiger charge is 2.26. The molecule has 23 heavy (non-hydrogen) atoms. The molecule has 5 heteroatoms. The minimum absolute atomic E-state index is 0. The van der Waals surface area contributed by atoms with Gasteiger partial charge in [-0.25, -0.2) is 0 Å². The van der Waals surface area contributed by atoms with E-state index in [-0.39, 0.29) is 24.4 Å². The number of halogens is 1. The van der Waals surface area contributed by atoms with Gasteiger partial charge in [-0.15, -0.1) is 12.4 Å². The number of likely N-dealkylation sites (tertiary alicyclic amines) is 1. The lowest BCUT2D eigenvalue weighted by molar-refractivity contribution is -0.118. The van der Waals surface area contributed by atoms with Gasteiger partial charge in [0.2, 0.25) is 5.91 Å². The molecule has 1 fully saturated rings. The van der Waals surface area contributed by atoms with Crippen LogP contribution in [-0.4, -0.2) is 36.0 Å². The van der Waals surface area contributed by atoms with Crippen molar-refractivity contribution in [2.45, 2.75) is 58.0 Å². The van der Waals surface area contributed by atoms with Gasteiger partial charge in [-0.05, 0) is 49.9 Å². The first kappa shape index (κ1) is 19.9. The predicted octanol–water partition coefficient (Wildman–Crippen LogP) is 3.37. The predicted molar refractivity (Wildman–Crippen MR) is 99.3 cm³/mol. The fraction of sp³-hybridized carbons (Fsp3) is 0.611. The molecule has 1 aromatic rings. The summed E-state index contributed by atoms with van der Waals surface area (Å²) in [7, 11) is 0. The number of rotatable bonds is 5. The monoisotopic (exact) mass is 339 g/mol. The van der Waals surface area contributed by atoms with E-state index in [1.807, 2.05) is 19.1 Å². The average Bonchev–Trinajstić information content (AvgIpc) is 2.47. The molecular formula is C18H30ClN3O. The summed E-state index contributed by atoms with van der Waals surface area (Å²) < 4.78 is 0. The first-order chi connectivity index (χ1) is 10.5. The summed E-state index contributed by atoms with van der Waals surface area (Å²) in [6.07, 6.45) is 3.45. The second-order valence-electron chi connectivity index (χ2n) is 6.72. The molecule has 0 aliphatic carbocycles. The smallest absolute Gasteiger partial charge is 0.238 e. The molecule has 4 nitrogen and oxygen atoms in total. The van der Waals surface area contributed by atoms with Crippen LogP contribution < -0.4 is 11.1 Å². The Morgan fingerprint density at radius 2 is 2.09 bits per heavy atom. The van der Waals surface area contributed by atoms with E-state index in [0.29, 0.717) is 18.5 Å². The molecule has 0 aromatic heterocycles. The van der Waals surface area contributed by atoms with Crippen LogP contribution in [-0.2, 0) is 4.79 Å². The maximum atomic E-state index is 12.3. The Hall–Kier alpha value is -1.10. The number of piperidine rings is 1. The van der Waals surface area contributed by atoms with Gasteiger partial charge in [-0.1, -0.05) is 32.4 Å². The van der Waals surface area contributed by atoms with Gasteiger partial charge >= 0.3 is 0 Å². The minimum Gasteiger partial charge on any atom is -0.327 e. The van der Waals surface area contributed by atoms with Gasteiger partial charge in [0.25, 0.3) is 0 Å². The topological polar surface area (TPSA) is 58.4 Å². The molecule has 130 valence electrons. The minimum atomic E-state index is 0. The van der Waals surface area contributed by atoms with Crippen LogP contribution in [0.2, 0.25) is 0 Å². The molecule has 3 N–H and O–H groups in total. The van der Waals surface area contributed by atoms with Crippen LogP contribution in [0.1, 0.15) is 51.5 Å². The third kappa shape index (κ3) is 5.79. The van der Waals surface area contributed by atoms with E-state index in [2.05, 4.69) is 36.2 Å². The molecule has 0 spiro atoms. The Kier molecular flexibility index (Phi) is 8.03. The van der Waals surface area contributed by atoms with E-state index in [1.54, 1.807) is 0 Å². The van der Waals surface area contributed by atoms with E-state index < -0.39 is 0 Å². The number of carbonyl (C=O) groups is 1. The van der Waals surface area contributed by atoms with Gasteiger partial charge < -0.3 is 11.1 Å². The molecule has 2 rings (SSSR count). The van der Waals surface area contributed by atoms with Crippen molar-refractivity contribution in [2.75, 3.05) is 18.4 Å². The normalized spacial score (nSPS) is 20.0. The standard InChI is InChI=1S/C18H29N3O.ClH/c1-13(2)15-7-6-8-16(11-15)20-18(22)12-21-10-5-4-9-17(21)14(3)19;/h6-8,11,13-14,17H,4-5,9-10,12,19H2,1-3H3,(H,20,22);1H. The van der Waals surface area contributed by atoms with Crippen molar-refractivity contribution in [3.05, 3.63) is 29.8 Å². The zero-order valence-electron chi connectivity index (χ0n) is 14.4. The van der Waals surface area contributed by atoms with Gasteiger partial charge in [-0.3, -0.25) is 9.69 Å². The lowest BCUT2D eigenvalue weighted by atomic mass is 9.97. The number of nitrogens with one attached hydrogen (secondary N) is 1. The number of anilines is 1. The fourth-order valence-corrected chi connectivity index (χ4v) is 3.17. The van der Waals surface area contributed by atoms with Crippen molar-refractivity contribution in [3.63, 3.8) is 0 Å². The molecule has 1 aliphatic heterocycles. The first-order valence-corrected chi connectivity index (χ1v) is 8.37. The number of nitrogens with zero attached hydrogens (tertiary/aromatic N) is 1. The van der Waals surface area contributed by atoms with Crippen molar-refractivity contribution in [2.24, 2.45) is 5.73 Å². The number of nitrogens with two attached hydrogens (primary N) is 1. The molecule has 1 saturated heterocycles. The molecule has 1 aliphatic rings. The summed E-state index contributed by atoms with van der Waals surface area (Å²) in [6.45, 7) is 7.74. The fourth-order valence-electron chi connectivity index (χ4n) is 3.17. The number of hydrogen-bond donors (Lipinski definition) is 2. The Bertz CT molecular complexity index is 505. The first-order valence-electron chi connectivity index (χ1n) is 8.37. The van der Waals surface area contributed by atoms with Gasteiger partial charge in [0.1, 0.15) is 0 Å². The summed E-state index contributed by atoms with van der Waals surface area (Å²) in [5.74, 6) is 0.509. The van der Waals surface area contributed by atoms with E-state index in [1.165, 1.54) is 12.0 Å². The van der Waals surface area contributed by atoms with Gasteiger partial charge in [0.15, 0.2) is 0 Å². The van der Waals surface area contributed by atoms with Gasteiger partial charge in [0, 0.05) is 17.8 Å². The van der Waals surface area contributed by atoms with Crippen molar-refractivity contribution in [3.8, 4) is 0 Å². The highest BCUT2D eigenvalue weighted by molar-refractivity contribution is 5.92. The molecule has 2 atom stereocenters. The number of carbonyl (C=O) groups excluding carboxylic acids is 1. The van der Waals surface area contributed by atoms with Crippen LogP contribution >= 0.6 is 12.4 Å². The maximum Gasteiger partial charge on any atom is 0.238 e. The van der Waals surface area contributed by atoms with Gasteiger partial charge in [0.05, 0.1) is 6.54 Å². The van der Waals surface area contributed by atoms with Crippen LogP contribution in [0.15, 0.2) is 24.3 Å². The third-order valence-corrected chi connectivity index (χ3v) is 4.45. The van der Waals surface area contributed by atoms with E-state index >= 15 is 0 Å². The molecule has 0 bridgehead atoms. The number of amides is 1. The molecule has 0 radical (unpaired) electrons. The summed E-state index contributed by atoms with van der Waals surface area (Å²) in [6, 6.07) is 8.53. The van der Waals surface area contributed by atoms with Gasteiger partial charge in [-0.2, -0.15) is 0 Å². The Balaban J connectivity index is 0.00000264. The van der Waals surface area contributed by atoms with Crippen molar-refractivity contribution >= 4 is 24.0 Å². The SMILES string of the molecule is CC(C)c1cccc(NC(=O)CN2CCCCC2C(C)N)c1.Cl. The van der Waals surface area contributed by atoms with Crippen LogP contribution in [0.3, 0.4) is 0 Å². The summed E-state index contributed by atoms with van der Waals surface area (Å²) in [4.78, 5) is 14.6. The van der Waals surface area contributed by atoms with E-state index in [4.69, 9.17) is 5.73 Å². The third-order valence-electron chi connectivity index (χ3n) is 4.45. The van der Waals surface area contributed by atoms with Crippen LogP contribution in [0.4, 0.5) is 5.69 Å². The highest BCUT2D eigenvalue weighted by atomic mass is 35.5. The van der Waals surface area contributed by atoms with E-state index in [9.17, 15) is 4.79 Å². The Morgan fingerprint density at radius 1 is 1.35 bits per heavy atom. The number of hydrogen-bond acceptors (Lipinski definition) is 3. The zero-order chi connectivity index (χ0) is 16.1. The van der Waals surface area contributed by atoms with E-state index in [0.717, 1.165) is 25.1 Å². The summed E-state index contributed by atoms with van der Waals surface area (Å²) in [5, 5.41) is 3.02. The van der Waals surface area contributed by atoms with Crippen LogP contribution in [0.25, 0.3) is 0 Å². The van der Waals surface area contributed by atoms with Crippen molar-refractivity contribution < 1.29 is 4.79 Å². The molecule has 1 aromatic carbocycles. The summed E-state index contributed by atoms with van der Waals surface area (Å²) in [5.41, 5.74) is 8.19. The van der Waals surface area contributed by atoms with Crippen molar-refractivity contribution in [1.82, 2.24) is 4.90 Å². The lowest BCUT2D eigenvalue weighted by Gasteiger charge is -2.37. The van der Waals surface area contributed by atoms with Crippen LogP contribution in [0, 0.1) is 0 Å². The Morgan fingerprint density at radius 3 is 2.74 bits per heavy atom. The highest BCUT2D eigenvalue weighted by Crippen LogP contribution is 2.20. The molecular weight excluding hydrogens is 310 g/mol. The average molecular weight is 340 g/mol. The molecule has 1 heterocycles. The lowest BCUT2D eigenvalue weighted by Crippen LogP contribution is -2.51.